The van der Waals surface area contributed by atoms with Crippen LogP contribution in [-0.4, -0.2) is 36.0 Å². The second-order valence-electron chi connectivity index (χ2n) is 6.02. The van der Waals surface area contributed by atoms with Crippen molar-refractivity contribution in [3.05, 3.63) is 0 Å². The first-order chi connectivity index (χ1) is 8.72. The number of piperidine rings is 1. The Kier molecular flexibility index (Phi) is 5.04. The largest absolute Gasteiger partial charge is 0.337 e. The highest BCUT2D eigenvalue weighted by Gasteiger charge is 2.32. The highest BCUT2D eigenvalue weighted by atomic mass is 16.2. The predicted molar refractivity (Wildman–Crippen MR) is 74.4 cm³/mol. The molecule has 0 aromatic carbocycles. The normalized spacial score (nSPS) is 29.8. The molecule has 0 radical (unpaired) electrons. The molecule has 2 aliphatic heterocycles. The maximum Gasteiger partial charge on any atom is 0.223 e. The van der Waals surface area contributed by atoms with Crippen LogP contribution in [0.25, 0.3) is 0 Å². The van der Waals surface area contributed by atoms with Crippen molar-refractivity contribution < 1.29 is 4.79 Å². The van der Waals surface area contributed by atoms with E-state index in [0.29, 0.717) is 18.0 Å². The fraction of sp³-hybridized carbons (Fsp3) is 0.933. The van der Waals surface area contributed by atoms with Crippen LogP contribution >= 0.6 is 0 Å². The number of carbonyl (C=O) groups is 1. The Morgan fingerprint density at radius 3 is 2.61 bits per heavy atom. The van der Waals surface area contributed by atoms with Gasteiger partial charge < -0.3 is 10.2 Å². The molecule has 18 heavy (non-hydrogen) atoms. The van der Waals surface area contributed by atoms with Crippen LogP contribution in [0.3, 0.4) is 0 Å². The van der Waals surface area contributed by atoms with E-state index >= 15 is 0 Å². The van der Waals surface area contributed by atoms with Gasteiger partial charge in [0.2, 0.25) is 5.91 Å². The number of nitrogens with zero attached hydrogens (tertiary/aromatic N) is 1. The van der Waals surface area contributed by atoms with Crippen molar-refractivity contribution in [1.82, 2.24) is 10.2 Å². The fourth-order valence-corrected chi connectivity index (χ4v) is 3.55. The van der Waals surface area contributed by atoms with Gasteiger partial charge in [0.1, 0.15) is 0 Å². The second kappa shape index (κ2) is 6.55. The maximum atomic E-state index is 12.4. The van der Waals surface area contributed by atoms with E-state index in [9.17, 15) is 4.79 Å². The van der Waals surface area contributed by atoms with Crippen molar-refractivity contribution in [2.75, 3.05) is 13.1 Å². The van der Waals surface area contributed by atoms with Crippen LogP contribution in [0, 0.1) is 5.92 Å². The average Bonchev–Trinajstić information content (AvgIpc) is 2.78. The van der Waals surface area contributed by atoms with Crippen LogP contribution in [0.2, 0.25) is 0 Å². The van der Waals surface area contributed by atoms with Gasteiger partial charge in [0.15, 0.2) is 0 Å². The van der Waals surface area contributed by atoms with Crippen LogP contribution in [-0.2, 0) is 4.79 Å². The lowest BCUT2D eigenvalue weighted by atomic mass is 9.93. The zero-order valence-corrected chi connectivity index (χ0v) is 12.0. The number of carbonyl (C=O) groups excluding carboxylic acids is 1. The second-order valence-corrected chi connectivity index (χ2v) is 6.02. The lowest BCUT2D eigenvalue weighted by Gasteiger charge is -2.29. The van der Waals surface area contributed by atoms with E-state index < -0.39 is 0 Å². The zero-order chi connectivity index (χ0) is 13.0. The predicted octanol–water partition coefficient (Wildman–Crippen LogP) is 2.56. The van der Waals surface area contributed by atoms with Crippen molar-refractivity contribution >= 4 is 5.91 Å². The summed E-state index contributed by atoms with van der Waals surface area (Å²) >= 11 is 0. The summed E-state index contributed by atoms with van der Waals surface area (Å²) in [6.07, 6.45) is 7.88. The first-order valence-corrected chi connectivity index (χ1v) is 7.74. The fourth-order valence-electron chi connectivity index (χ4n) is 3.55. The Labute approximate surface area is 111 Å². The lowest BCUT2D eigenvalue weighted by Crippen LogP contribution is -2.40. The Balaban J connectivity index is 1.79. The molecule has 2 unspecified atom stereocenters. The molecule has 0 spiro atoms. The van der Waals surface area contributed by atoms with Gasteiger partial charge in [-0.05, 0) is 64.5 Å². The van der Waals surface area contributed by atoms with Gasteiger partial charge in [-0.25, -0.2) is 0 Å². The summed E-state index contributed by atoms with van der Waals surface area (Å²) in [5.41, 5.74) is 0. The van der Waals surface area contributed by atoms with Gasteiger partial charge in [-0.3, -0.25) is 4.79 Å². The molecule has 0 aliphatic carbocycles. The van der Waals surface area contributed by atoms with Gasteiger partial charge in [0.05, 0.1) is 0 Å². The van der Waals surface area contributed by atoms with Crippen molar-refractivity contribution in [3.63, 3.8) is 0 Å². The molecule has 2 atom stereocenters. The molecular weight excluding hydrogens is 224 g/mol. The molecule has 0 bridgehead atoms. The standard InChI is InChI=1S/C15H28N2O/c1-3-14-6-4-12(2)17(14)15(18)7-5-13-8-10-16-11-9-13/h12-14,16H,3-11H2,1-2H3. The number of hydrogen-bond donors (Lipinski definition) is 1. The molecule has 3 heteroatoms. The van der Waals surface area contributed by atoms with E-state index in [2.05, 4.69) is 24.1 Å². The summed E-state index contributed by atoms with van der Waals surface area (Å²) in [5.74, 6) is 1.18. The lowest BCUT2D eigenvalue weighted by molar-refractivity contribution is -0.134. The SMILES string of the molecule is CCC1CCC(C)N1C(=O)CCC1CCNCC1. The van der Waals surface area contributed by atoms with Gasteiger partial charge in [-0.15, -0.1) is 0 Å². The minimum absolute atomic E-state index is 0.408. The molecule has 0 saturated carbocycles. The number of likely N-dealkylation sites (tertiary alicyclic amines) is 1. The Morgan fingerprint density at radius 2 is 1.94 bits per heavy atom. The summed E-state index contributed by atoms with van der Waals surface area (Å²) in [7, 11) is 0. The van der Waals surface area contributed by atoms with Gasteiger partial charge in [-0.1, -0.05) is 6.92 Å². The molecule has 3 nitrogen and oxygen atoms in total. The summed E-state index contributed by atoms with van der Waals surface area (Å²) in [6, 6.07) is 0.982. The minimum Gasteiger partial charge on any atom is -0.337 e. The topological polar surface area (TPSA) is 32.3 Å². The van der Waals surface area contributed by atoms with Crippen molar-refractivity contribution in [2.24, 2.45) is 5.92 Å². The van der Waals surface area contributed by atoms with Gasteiger partial charge in [-0.2, -0.15) is 0 Å². The third-order valence-corrected chi connectivity index (χ3v) is 4.77. The quantitative estimate of drug-likeness (QED) is 0.834. The molecule has 1 amide bonds. The number of amides is 1. The highest BCUT2D eigenvalue weighted by Crippen LogP contribution is 2.28. The average molecular weight is 252 g/mol. The summed E-state index contributed by atoms with van der Waals surface area (Å²) < 4.78 is 0. The molecule has 2 fully saturated rings. The van der Waals surface area contributed by atoms with E-state index in [4.69, 9.17) is 0 Å². The third-order valence-electron chi connectivity index (χ3n) is 4.77. The smallest absolute Gasteiger partial charge is 0.223 e. The van der Waals surface area contributed by atoms with Crippen LogP contribution in [0.5, 0.6) is 0 Å². The summed E-state index contributed by atoms with van der Waals surface area (Å²) in [4.78, 5) is 14.6. The van der Waals surface area contributed by atoms with E-state index in [1.165, 1.54) is 25.7 Å². The van der Waals surface area contributed by atoms with Crippen molar-refractivity contribution in [2.45, 2.75) is 70.9 Å². The van der Waals surface area contributed by atoms with E-state index in [1.54, 1.807) is 0 Å². The number of nitrogens with one attached hydrogen (secondary N) is 1. The van der Waals surface area contributed by atoms with Crippen LogP contribution in [0.1, 0.15) is 58.8 Å². The van der Waals surface area contributed by atoms with Crippen LogP contribution < -0.4 is 5.32 Å². The molecule has 2 aliphatic rings. The molecule has 2 rings (SSSR count). The van der Waals surface area contributed by atoms with Gasteiger partial charge in [0, 0.05) is 18.5 Å². The molecular formula is C15H28N2O. The highest BCUT2D eigenvalue weighted by molar-refractivity contribution is 5.77. The first-order valence-electron chi connectivity index (χ1n) is 7.74. The summed E-state index contributed by atoms with van der Waals surface area (Å²) in [6.45, 7) is 6.68. The monoisotopic (exact) mass is 252 g/mol. The number of rotatable bonds is 4. The van der Waals surface area contributed by atoms with E-state index in [1.807, 2.05) is 0 Å². The van der Waals surface area contributed by atoms with E-state index in [0.717, 1.165) is 38.3 Å². The number of hydrogen-bond acceptors (Lipinski definition) is 2. The van der Waals surface area contributed by atoms with Crippen LogP contribution in [0.15, 0.2) is 0 Å². The van der Waals surface area contributed by atoms with Gasteiger partial charge >= 0.3 is 0 Å². The van der Waals surface area contributed by atoms with Crippen molar-refractivity contribution in [1.29, 1.82) is 0 Å². The Bertz CT molecular complexity index is 274. The molecule has 2 saturated heterocycles. The Hall–Kier alpha value is -0.570. The maximum absolute atomic E-state index is 12.4. The molecule has 2 heterocycles. The third kappa shape index (κ3) is 3.25. The zero-order valence-electron chi connectivity index (χ0n) is 12.0. The Morgan fingerprint density at radius 1 is 1.22 bits per heavy atom. The molecule has 0 aromatic rings. The van der Waals surface area contributed by atoms with E-state index in [-0.39, 0.29) is 0 Å². The van der Waals surface area contributed by atoms with Gasteiger partial charge in [0.25, 0.3) is 0 Å². The first kappa shape index (κ1) is 13.9. The minimum atomic E-state index is 0.408. The molecule has 0 aromatic heterocycles. The molecule has 1 N–H and O–H groups in total. The molecule has 104 valence electrons. The summed E-state index contributed by atoms with van der Waals surface area (Å²) in [5, 5.41) is 3.39. The van der Waals surface area contributed by atoms with Crippen molar-refractivity contribution in [3.8, 4) is 0 Å². The van der Waals surface area contributed by atoms with Crippen LogP contribution in [0.4, 0.5) is 0 Å².